The molecule has 0 saturated carbocycles. The maximum Gasteiger partial charge on any atom is 0.206 e. The Morgan fingerprint density at radius 2 is 1.42 bits per heavy atom. The SMILES string of the molecule is Cc1cc(C)c(P2C(=NC#N)C(C(C)(C)C)=C2C(C)(C)C)c(C)c1. The largest absolute Gasteiger partial charge is 0.206 e. The lowest BCUT2D eigenvalue weighted by Gasteiger charge is -2.47. The van der Waals surface area contributed by atoms with Gasteiger partial charge in [-0.2, -0.15) is 10.3 Å². The van der Waals surface area contributed by atoms with Crippen LogP contribution in [-0.4, -0.2) is 5.45 Å². The van der Waals surface area contributed by atoms with Gasteiger partial charge in [-0.25, -0.2) is 0 Å². The zero-order valence-corrected chi connectivity index (χ0v) is 17.4. The summed E-state index contributed by atoms with van der Waals surface area (Å²) in [5.41, 5.74) is 6.33. The molecule has 1 aromatic rings. The van der Waals surface area contributed by atoms with E-state index in [0.29, 0.717) is 0 Å². The first-order valence-corrected chi connectivity index (χ1v) is 9.84. The molecule has 1 unspecified atom stereocenters. The Labute approximate surface area is 148 Å². The van der Waals surface area contributed by atoms with Crippen LogP contribution in [-0.2, 0) is 0 Å². The normalized spacial score (nSPS) is 20.2. The molecule has 24 heavy (non-hydrogen) atoms. The molecule has 0 spiro atoms. The highest BCUT2D eigenvalue weighted by Gasteiger charge is 2.48. The first-order chi connectivity index (χ1) is 10.9. The molecule has 0 radical (unpaired) electrons. The fraction of sp³-hybridized carbons (Fsp3) is 0.524. The molecule has 0 bridgehead atoms. The molecule has 1 aliphatic rings. The number of nitrogens with zero attached hydrogens (tertiary/aromatic N) is 2. The van der Waals surface area contributed by atoms with Crippen molar-refractivity contribution in [3.63, 3.8) is 0 Å². The highest BCUT2D eigenvalue weighted by atomic mass is 31.1. The molecule has 2 nitrogen and oxygen atoms in total. The average molecular weight is 340 g/mol. The van der Waals surface area contributed by atoms with E-state index >= 15 is 0 Å². The van der Waals surface area contributed by atoms with E-state index in [1.165, 1.54) is 32.9 Å². The molecule has 0 aromatic heterocycles. The molecule has 1 aromatic carbocycles. The van der Waals surface area contributed by atoms with Crippen LogP contribution < -0.4 is 5.30 Å². The molecule has 1 atom stereocenters. The lowest BCUT2D eigenvalue weighted by Crippen LogP contribution is -2.36. The van der Waals surface area contributed by atoms with E-state index in [1.54, 1.807) is 0 Å². The van der Waals surface area contributed by atoms with E-state index in [4.69, 9.17) is 0 Å². The molecule has 0 fully saturated rings. The lowest BCUT2D eigenvalue weighted by atomic mass is 9.80. The minimum Gasteiger partial charge on any atom is -0.172 e. The van der Waals surface area contributed by atoms with Crippen molar-refractivity contribution in [1.29, 1.82) is 5.26 Å². The van der Waals surface area contributed by atoms with Crippen LogP contribution >= 0.6 is 7.92 Å². The van der Waals surface area contributed by atoms with Crippen LogP contribution in [0.3, 0.4) is 0 Å². The second kappa shape index (κ2) is 6.12. The Bertz CT molecular complexity index is 755. The molecule has 128 valence electrons. The predicted molar refractivity (Wildman–Crippen MR) is 106 cm³/mol. The van der Waals surface area contributed by atoms with Gasteiger partial charge in [-0.15, -0.1) is 0 Å². The van der Waals surface area contributed by atoms with Crippen LogP contribution in [0.2, 0.25) is 0 Å². The third kappa shape index (κ3) is 3.20. The number of aliphatic imine (C=N–C) groups is 1. The van der Waals surface area contributed by atoms with Gasteiger partial charge in [0.25, 0.3) is 0 Å². The second-order valence-electron chi connectivity index (χ2n) is 8.84. The topological polar surface area (TPSA) is 36.1 Å². The Kier molecular flexibility index (Phi) is 4.82. The van der Waals surface area contributed by atoms with Crippen molar-refractivity contribution in [2.45, 2.75) is 62.3 Å². The summed E-state index contributed by atoms with van der Waals surface area (Å²) >= 11 is 0. The fourth-order valence-corrected chi connectivity index (χ4v) is 7.14. The minimum absolute atomic E-state index is 0.00361. The van der Waals surface area contributed by atoms with Gasteiger partial charge in [0.15, 0.2) is 0 Å². The summed E-state index contributed by atoms with van der Waals surface area (Å²) in [6.07, 6.45) is 2.06. The van der Waals surface area contributed by atoms with E-state index in [0.717, 1.165) is 5.45 Å². The lowest BCUT2D eigenvalue weighted by molar-refractivity contribution is 0.475. The molecule has 0 amide bonds. The van der Waals surface area contributed by atoms with E-state index in [2.05, 4.69) is 85.6 Å². The molecule has 1 heterocycles. The van der Waals surface area contributed by atoms with Gasteiger partial charge in [0.2, 0.25) is 6.19 Å². The quantitative estimate of drug-likeness (QED) is 0.459. The number of nitriles is 1. The van der Waals surface area contributed by atoms with Crippen molar-refractivity contribution < 1.29 is 0 Å². The number of allylic oxidation sites excluding steroid dienone is 2. The molecule has 0 N–H and O–H groups in total. The number of hydrogen-bond donors (Lipinski definition) is 0. The average Bonchev–Trinajstić information content (AvgIpc) is 2.34. The predicted octanol–water partition coefficient (Wildman–Crippen LogP) is 5.96. The van der Waals surface area contributed by atoms with Gasteiger partial charge in [0.05, 0.1) is 5.45 Å². The van der Waals surface area contributed by atoms with Crippen molar-refractivity contribution in [3.05, 3.63) is 39.7 Å². The van der Waals surface area contributed by atoms with Crippen LogP contribution in [0.5, 0.6) is 0 Å². The maximum atomic E-state index is 9.27. The number of aryl methyl sites for hydroxylation is 3. The Balaban J connectivity index is 2.81. The van der Waals surface area contributed by atoms with Gasteiger partial charge in [-0.05, 0) is 58.9 Å². The van der Waals surface area contributed by atoms with Gasteiger partial charge in [0, 0.05) is 7.92 Å². The minimum atomic E-state index is -0.664. The van der Waals surface area contributed by atoms with Crippen LogP contribution in [0.4, 0.5) is 0 Å². The summed E-state index contributed by atoms with van der Waals surface area (Å²) in [6, 6.07) is 4.51. The zero-order chi connectivity index (χ0) is 18.4. The molecule has 3 heteroatoms. The first-order valence-electron chi connectivity index (χ1n) is 8.50. The third-order valence-electron chi connectivity index (χ3n) is 4.37. The molecular weight excluding hydrogens is 311 g/mol. The van der Waals surface area contributed by atoms with Crippen molar-refractivity contribution in [2.75, 3.05) is 0 Å². The van der Waals surface area contributed by atoms with Gasteiger partial charge in [-0.3, -0.25) is 0 Å². The summed E-state index contributed by atoms with van der Waals surface area (Å²) in [7, 11) is -0.664. The smallest absolute Gasteiger partial charge is 0.172 e. The van der Waals surface area contributed by atoms with Crippen molar-refractivity contribution in [1.82, 2.24) is 0 Å². The monoisotopic (exact) mass is 340 g/mol. The van der Waals surface area contributed by atoms with Crippen molar-refractivity contribution >= 4 is 18.7 Å². The third-order valence-corrected chi connectivity index (χ3v) is 7.61. The highest BCUT2D eigenvalue weighted by Crippen LogP contribution is 2.67. The molecule has 0 saturated heterocycles. The second-order valence-corrected chi connectivity index (χ2v) is 10.8. The summed E-state index contributed by atoms with van der Waals surface area (Å²) in [4.78, 5) is 4.30. The number of benzene rings is 1. The van der Waals surface area contributed by atoms with Crippen LogP contribution in [0.15, 0.2) is 28.0 Å². The summed E-state index contributed by atoms with van der Waals surface area (Å²) < 4.78 is 0. The van der Waals surface area contributed by atoms with Crippen LogP contribution in [0, 0.1) is 43.1 Å². The van der Waals surface area contributed by atoms with Gasteiger partial charge >= 0.3 is 0 Å². The fourth-order valence-electron chi connectivity index (χ4n) is 3.68. The highest BCUT2D eigenvalue weighted by molar-refractivity contribution is 7.88. The van der Waals surface area contributed by atoms with Crippen molar-refractivity contribution in [2.24, 2.45) is 15.8 Å². The van der Waals surface area contributed by atoms with E-state index in [-0.39, 0.29) is 10.8 Å². The van der Waals surface area contributed by atoms with E-state index in [1.807, 2.05) is 0 Å². The summed E-state index contributed by atoms with van der Waals surface area (Å²) in [6.45, 7) is 20.0. The van der Waals surface area contributed by atoms with E-state index < -0.39 is 7.92 Å². The standard InChI is InChI=1S/C21H29N2P/c1-13-10-14(2)17(15(3)11-13)24-18(21(7,8)9)16(20(4,5)6)19(24)23-12-22/h10-11H,1-9H3. The van der Waals surface area contributed by atoms with Crippen LogP contribution in [0.25, 0.3) is 0 Å². The Morgan fingerprint density at radius 1 is 0.917 bits per heavy atom. The summed E-state index contributed by atoms with van der Waals surface area (Å²) in [5.74, 6) is 0. The Hall–Kier alpha value is -1.45. The first kappa shape index (κ1) is 18.9. The van der Waals surface area contributed by atoms with E-state index in [9.17, 15) is 5.26 Å². The van der Waals surface area contributed by atoms with Crippen LogP contribution in [0.1, 0.15) is 58.2 Å². The molecule has 2 rings (SSSR count). The summed E-state index contributed by atoms with van der Waals surface area (Å²) in [5, 5.41) is 12.2. The van der Waals surface area contributed by atoms with Crippen molar-refractivity contribution in [3.8, 4) is 6.19 Å². The number of rotatable bonds is 1. The van der Waals surface area contributed by atoms with Gasteiger partial charge in [0.1, 0.15) is 0 Å². The molecule has 0 aliphatic carbocycles. The van der Waals surface area contributed by atoms with Gasteiger partial charge < -0.3 is 0 Å². The zero-order valence-electron chi connectivity index (χ0n) is 16.5. The maximum absolute atomic E-state index is 9.27. The van der Waals surface area contributed by atoms with Gasteiger partial charge in [-0.1, -0.05) is 59.2 Å². The number of hydrogen-bond acceptors (Lipinski definition) is 2. The molecule has 1 aliphatic heterocycles. The molecular formula is C21H29N2P. The Morgan fingerprint density at radius 3 is 1.79 bits per heavy atom.